The van der Waals surface area contributed by atoms with Crippen LogP contribution in [0.25, 0.3) is 0 Å². The van der Waals surface area contributed by atoms with Gasteiger partial charge in [0, 0.05) is 12.6 Å². The first-order valence-electron chi connectivity index (χ1n) is 6.86. The predicted molar refractivity (Wildman–Crippen MR) is 80.1 cm³/mol. The Morgan fingerprint density at radius 3 is 2.70 bits per heavy atom. The fourth-order valence-electron chi connectivity index (χ4n) is 2.31. The number of nitrogens with two attached hydrogens (primary N) is 1. The molecule has 0 aliphatic heterocycles. The van der Waals surface area contributed by atoms with Gasteiger partial charge in [0.05, 0.1) is 19.2 Å². The normalized spacial score (nSPS) is 12.4. The molecule has 1 aromatic carbocycles. The zero-order valence-electron chi connectivity index (χ0n) is 12.4. The van der Waals surface area contributed by atoms with Crippen molar-refractivity contribution < 1.29 is 14.6 Å². The zero-order valence-corrected chi connectivity index (χ0v) is 12.4. The van der Waals surface area contributed by atoms with Crippen molar-refractivity contribution in [2.75, 3.05) is 25.9 Å². The van der Waals surface area contributed by atoms with Crippen LogP contribution >= 0.6 is 0 Å². The minimum atomic E-state index is -0.760. The van der Waals surface area contributed by atoms with Crippen LogP contribution < -0.4 is 10.5 Å². The first-order chi connectivity index (χ1) is 9.47. The van der Waals surface area contributed by atoms with E-state index in [9.17, 15) is 4.79 Å². The molecule has 0 spiro atoms. The van der Waals surface area contributed by atoms with E-state index in [2.05, 4.69) is 11.8 Å². The summed E-state index contributed by atoms with van der Waals surface area (Å²) in [5.41, 5.74) is 7.66. The van der Waals surface area contributed by atoms with E-state index >= 15 is 0 Å². The van der Waals surface area contributed by atoms with Gasteiger partial charge in [0.15, 0.2) is 0 Å². The number of hydrogen-bond acceptors (Lipinski definition) is 4. The van der Waals surface area contributed by atoms with Gasteiger partial charge in [-0.25, -0.2) is 0 Å². The smallest absolute Gasteiger partial charge is 0.304 e. The summed E-state index contributed by atoms with van der Waals surface area (Å²) in [6, 6.07) is 6.05. The fraction of sp³-hybridized carbons (Fsp3) is 0.533. The second kappa shape index (κ2) is 7.75. The molecule has 0 amide bonds. The second-order valence-corrected chi connectivity index (χ2v) is 4.90. The van der Waals surface area contributed by atoms with Crippen molar-refractivity contribution in [2.45, 2.75) is 32.7 Å². The topological polar surface area (TPSA) is 75.8 Å². The number of methoxy groups -OCH3 is 1. The van der Waals surface area contributed by atoms with Crippen LogP contribution in [0, 0.1) is 0 Å². The van der Waals surface area contributed by atoms with Crippen molar-refractivity contribution in [2.24, 2.45) is 0 Å². The third-order valence-electron chi connectivity index (χ3n) is 3.47. The fourth-order valence-corrected chi connectivity index (χ4v) is 2.31. The van der Waals surface area contributed by atoms with Crippen LogP contribution in [-0.4, -0.2) is 42.2 Å². The summed E-state index contributed by atoms with van der Waals surface area (Å²) in [6.45, 7) is 5.55. The number of rotatable bonds is 8. The number of carboxylic acid groups (broad SMARTS) is 1. The summed E-state index contributed by atoms with van der Waals surface area (Å²) in [7, 11) is 1.60. The van der Waals surface area contributed by atoms with E-state index in [4.69, 9.17) is 15.6 Å². The maximum absolute atomic E-state index is 10.7. The van der Waals surface area contributed by atoms with E-state index in [1.165, 1.54) is 0 Å². The van der Waals surface area contributed by atoms with Crippen molar-refractivity contribution >= 4 is 11.7 Å². The number of likely N-dealkylation sites (N-methyl/N-ethyl adjacent to an activating group) is 1. The molecule has 0 heterocycles. The Labute approximate surface area is 120 Å². The van der Waals surface area contributed by atoms with Crippen molar-refractivity contribution in [3.05, 3.63) is 23.8 Å². The maximum Gasteiger partial charge on any atom is 0.304 e. The summed E-state index contributed by atoms with van der Waals surface area (Å²) >= 11 is 0. The lowest BCUT2D eigenvalue weighted by Crippen LogP contribution is -2.36. The number of carboxylic acids is 1. The molecule has 1 rings (SSSR count). The molecule has 1 unspecified atom stereocenters. The number of ether oxygens (including phenoxy) is 1. The van der Waals surface area contributed by atoms with Gasteiger partial charge in [-0.15, -0.1) is 0 Å². The molecule has 5 heteroatoms. The van der Waals surface area contributed by atoms with Gasteiger partial charge in [-0.2, -0.15) is 0 Å². The lowest BCUT2D eigenvalue weighted by Gasteiger charge is -2.27. The van der Waals surface area contributed by atoms with E-state index in [-0.39, 0.29) is 12.5 Å². The predicted octanol–water partition coefficient (Wildman–Crippen LogP) is 2.00. The average molecular weight is 280 g/mol. The van der Waals surface area contributed by atoms with Crippen molar-refractivity contribution in [3.63, 3.8) is 0 Å². The summed E-state index contributed by atoms with van der Waals surface area (Å²) in [6.07, 6.45) is 1.00. The van der Waals surface area contributed by atoms with E-state index < -0.39 is 5.97 Å². The van der Waals surface area contributed by atoms with Crippen LogP contribution in [0.1, 0.15) is 25.8 Å². The Balaban J connectivity index is 2.65. The van der Waals surface area contributed by atoms with E-state index in [1.807, 2.05) is 25.1 Å². The van der Waals surface area contributed by atoms with Crippen LogP contribution in [0.5, 0.6) is 5.75 Å². The number of hydrogen-bond donors (Lipinski definition) is 2. The Hall–Kier alpha value is -1.75. The number of nitrogens with zero attached hydrogens (tertiary/aromatic N) is 1. The van der Waals surface area contributed by atoms with Crippen LogP contribution in [0.15, 0.2) is 18.2 Å². The molecular formula is C15H24N2O3. The summed E-state index contributed by atoms with van der Waals surface area (Å²) in [5, 5.41) is 8.77. The molecule has 0 radical (unpaired) electrons. The van der Waals surface area contributed by atoms with Crippen LogP contribution in [0.3, 0.4) is 0 Å². The lowest BCUT2D eigenvalue weighted by molar-refractivity contribution is -0.137. The average Bonchev–Trinajstić information content (AvgIpc) is 2.39. The van der Waals surface area contributed by atoms with E-state index in [1.54, 1.807) is 7.11 Å². The first kappa shape index (κ1) is 16.3. The Morgan fingerprint density at radius 1 is 1.50 bits per heavy atom. The first-order valence-corrected chi connectivity index (χ1v) is 6.86. The monoisotopic (exact) mass is 280 g/mol. The second-order valence-electron chi connectivity index (χ2n) is 4.90. The van der Waals surface area contributed by atoms with Crippen molar-refractivity contribution in [1.82, 2.24) is 4.90 Å². The minimum Gasteiger partial charge on any atom is -0.495 e. The number of nitrogen functional groups attached to an aromatic ring is 1. The third-order valence-corrected chi connectivity index (χ3v) is 3.47. The molecule has 0 fully saturated rings. The lowest BCUT2D eigenvalue weighted by atomic mass is 10.0. The number of aliphatic carboxylic acids is 1. The molecule has 1 aromatic rings. The van der Waals surface area contributed by atoms with Gasteiger partial charge >= 0.3 is 5.97 Å². The minimum absolute atomic E-state index is 0.170. The number of benzene rings is 1. The number of carbonyl (C=O) groups is 1. The standard InChI is InChI=1S/C15H24N2O3/c1-4-17(8-7-15(18)19)11(2)9-12-5-6-14(20-3)13(16)10-12/h5-6,10-11H,4,7-9,16H2,1-3H3,(H,18,19). The molecule has 1 atom stereocenters. The highest BCUT2D eigenvalue weighted by Gasteiger charge is 2.14. The van der Waals surface area contributed by atoms with E-state index in [0.29, 0.717) is 18.0 Å². The molecule has 0 aliphatic rings. The number of anilines is 1. The van der Waals surface area contributed by atoms with Crippen LogP contribution in [0.2, 0.25) is 0 Å². The summed E-state index contributed by atoms with van der Waals surface area (Å²) in [5.74, 6) is -0.0797. The molecule has 20 heavy (non-hydrogen) atoms. The SMILES string of the molecule is CCN(CCC(=O)O)C(C)Cc1ccc(OC)c(N)c1. The molecule has 0 saturated carbocycles. The van der Waals surface area contributed by atoms with Gasteiger partial charge in [-0.3, -0.25) is 4.79 Å². The molecule has 5 nitrogen and oxygen atoms in total. The molecule has 0 aliphatic carbocycles. The zero-order chi connectivity index (χ0) is 15.1. The summed E-state index contributed by atoms with van der Waals surface area (Å²) in [4.78, 5) is 12.8. The van der Waals surface area contributed by atoms with Gasteiger partial charge in [-0.1, -0.05) is 13.0 Å². The summed E-state index contributed by atoms with van der Waals surface area (Å²) < 4.78 is 5.14. The van der Waals surface area contributed by atoms with Gasteiger partial charge in [0.2, 0.25) is 0 Å². The van der Waals surface area contributed by atoms with Crippen LogP contribution in [0.4, 0.5) is 5.69 Å². The highest BCUT2D eigenvalue weighted by atomic mass is 16.5. The Bertz CT molecular complexity index is 449. The largest absolute Gasteiger partial charge is 0.495 e. The van der Waals surface area contributed by atoms with Gasteiger partial charge < -0.3 is 20.5 Å². The molecule has 0 aromatic heterocycles. The molecule has 0 saturated heterocycles. The van der Waals surface area contributed by atoms with Gasteiger partial charge in [0.25, 0.3) is 0 Å². The molecular weight excluding hydrogens is 256 g/mol. The maximum atomic E-state index is 10.7. The van der Waals surface area contributed by atoms with Crippen molar-refractivity contribution in [1.29, 1.82) is 0 Å². The molecule has 0 bridgehead atoms. The molecule has 3 N–H and O–H groups in total. The third kappa shape index (κ3) is 4.74. The van der Waals surface area contributed by atoms with Gasteiger partial charge in [-0.05, 0) is 37.6 Å². The Kier molecular flexibility index (Phi) is 6.31. The van der Waals surface area contributed by atoms with Gasteiger partial charge in [0.1, 0.15) is 5.75 Å². The van der Waals surface area contributed by atoms with Crippen LogP contribution in [-0.2, 0) is 11.2 Å². The van der Waals surface area contributed by atoms with Crippen molar-refractivity contribution in [3.8, 4) is 5.75 Å². The Morgan fingerprint density at radius 2 is 2.20 bits per heavy atom. The highest BCUT2D eigenvalue weighted by Crippen LogP contribution is 2.23. The van der Waals surface area contributed by atoms with E-state index in [0.717, 1.165) is 18.5 Å². The quantitative estimate of drug-likeness (QED) is 0.712. The highest BCUT2D eigenvalue weighted by molar-refractivity contribution is 5.66. The molecule has 112 valence electrons.